The second-order valence-corrected chi connectivity index (χ2v) is 3.91. The number of ether oxygens (including phenoxy) is 1. The summed E-state index contributed by atoms with van der Waals surface area (Å²) in [6, 6.07) is 10.8. The molecular formula is C13H11ClO3. The fourth-order valence-electron chi connectivity index (χ4n) is 1.41. The molecule has 1 aromatic heterocycles. The van der Waals surface area contributed by atoms with Crippen molar-refractivity contribution in [1.29, 1.82) is 0 Å². The zero-order chi connectivity index (χ0) is 12.1. The Morgan fingerprint density at radius 3 is 2.71 bits per heavy atom. The number of hydrogen-bond donors (Lipinski definition) is 0. The molecule has 0 amide bonds. The van der Waals surface area contributed by atoms with E-state index in [1.165, 1.54) is 0 Å². The van der Waals surface area contributed by atoms with E-state index in [0.29, 0.717) is 36.0 Å². The van der Waals surface area contributed by atoms with E-state index >= 15 is 0 Å². The largest absolute Gasteiger partial charge is 0.456 e. The van der Waals surface area contributed by atoms with Gasteiger partial charge in [-0.2, -0.15) is 0 Å². The first-order valence-electron chi connectivity index (χ1n) is 5.14. The van der Waals surface area contributed by atoms with Gasteiger partial charge in [-0.25, -0.2) is 0 Å². The van der Waals surface area contributed by atoms with Gasteiger partial charge in [0.05, 0.1) is 6.61 Å². The molecule has 0 spiro atoms. The number of rotatable bonds is 5. The zero-order valence-corrected chi connectivity index (χ0v) is 9.81. The summed E-state index contributed by atoms with van der Waals surface area (Å²) in [5.41, 5.74) is 0.927. The van der Waals surface area contributed by atoms with Crippen molar-refractivity contribution in [2.45, 2.75) is 13.2 Å². The third kappa shape index (κ3) is 3.19. The van der Waals surface area contributed by atoms with Crippen molar-refractivity contribution in [3.05, 3.63) is 58.5 Å². The van der Waals surface area contributed by atoms with E-state index in [1.807, 2.05) is 24.3 Å². The normalized spacial score (nSPS) is 10.4. The number of carbonyl (C=O) groups is 1. The van der Waals surface area contributed by atoms with Crippen molar-refractivity contribution < 1.29 is 13.9 Å². The number of halogens is 1. The van der Waals surface area contributed by atoms with Crippen LogP contribution in [0.5, 0.6) is 0 Å². The van der Waals surface area contributed by atoms with E-state index in [0.717, 1.165) is 5.56 Å². The molecule has 0 aliphatic rings. The highest BCUT2D eigenvalue weighted by molar-refractivity contribution is 6.31. The molecule has 2 rings (SSSR count). The Bertz CT molecular complexity index is 505. The lowest BCUT2D eigenvalue weighted by atomic mass is 10.2. The average molecular weight is 251 g/mol. The molecule has 88 valence electrons. The van der Waals surface area contributed by atoms with E-state index in [2.05, 4.69) is 0 Å². The van der Waals surface area contributed by atoms with Gasteiger partial charge in [-0.1, -0.05) is 29.8 Å². The van der Waals surface area contributed by atoms with Crippen LogP contribution in [0.25, 0.3) is 0 Å². The maximum atomic E-state index is 10.4. The van der Waals surface area contributed by atoms with E-state index in [9.17, 15) is 4.79 Å². The molecule has 0 fully saturated rings. The van der Waals surface area contributed by atoms with Crippen LogP contribution in [0.4, 0.5) is 0 Å². The summed E-state index contributed by atoms with van der Waals surface area (Å²) in [5, 5.41) is 0.681. The van der Waals surface area contributed by atoms with Gasteiger partial charge < -0.3 is 9.15 Å². The number of benzene rings is 1. The highest BCUT2D eigenvalue weighted by Gasteiger charge is 2.02. The van der Waals surface area contributed by atoms with E-state index in [4.69, 9.17) is 20.8 Å². The fraction of sp³-hybridized carbons (Fsp3) is 0.154. The highest BCUT2D eigenvalue weighted by atomic mass is 35.5. The monoisotopic (exact) mass is 250 g/mol. The SMILES string of the molecule is O=Cc1ccc(COCc2ccccc2Cl)o1. The standard InChI is InChI=1S/C13H11ClO3/c14-13-4-2-1-3-10(13)8-16-9-12-6-5-11(7-15)17-12/h1-7H,8-9H2. The molecule has 17 heavy (non-hydrogen) atoms. The smallest absolute Gasteiger partial charge is 0.185 e. The summed E-state index contributed by atoms with van der Waals surface area (Å²) in [7, 11) is 0. The number of aldehydes is 1. The van der Waals surface area contributed by atoms with Crippen molar-refractivity contribution in [3.8, 4) is 0 Å². The first kappa shape index (κ1) is 11.9. The maximum absolute atomic E-state index is 10.4. The predicted octanol–water partition coefficient (Wildman–Crippen LogP) is 3.46. The van der Waals surface area contributed by atoms with E-state index in [1.54, 1.807) is 12.1 Å². The lowest BCUT2D eigenvalue weighted by molar-refractivity contribution is 0.0908. The van der Waals surface area contributed by atoms with Crippen LogP contribution in [-0.4, -0.2) is 6.29 Å². The predicted molar refractivity (Wildman–Crippen MR) is 64.0 cm³/mol. The quantitative estimate of drug-likeness (QED) is 0.763. The molecule has 0 saturated carbocycles. The topological polar surface area (TPSA) is 39.4 Å². The minimum atomic E-state index is 0.307. The van der Waals surface area contributed by atoms with Gasteiger partial charge in [0, 0.05) is 5.02 Å². The summed E-state index contributed by atoms with van der Waals surface area (Å²) in [4.78, 5) is 10.4. The Hall–Kier alpha value is -1.58. The van der Waals surface area contributed by atoms with Gasteiger partial charge in [-0.3, -0.25) is 4.79 Å². The molecule has 1 aromatic carbocycles. The Labute approximate surface area is 104 Å². The van der Waals surface area contributed by atoms with Crippen LogP contribution in [0.15, 0.2) is 40.8 Å². The molecule has 0 N–H and O–H groups in total. The van der Waals surface area contributed by atoms with Gasteiger partial charge in [0.15, 0.2) is 12.0 Å². The van der Waals surface area contributed by atoms with Gasteiger partial charge >= 0.3 is 0 Å². The van der Waals surface area contributed by atoms with Crippen LogP contribution in [0.1, 0.15) is 21.9 Å². The molecule has 1 heterocycles. The minimum Gasteiger partial charge on any atom is -0.456 e. The summed E-state index contributed by atoms with van der Waals surface area (Å²) >= 11 is 5.98. The second kappa shape index (κ2) is 5.66. The molecule has 4 heteroatoms. The fourth-order valence-corrected chi connectivity index (χ4v) is 1.60. The molecule has 0 aliphatic carbocycles. The van der Waals surface area contributed by atoms with Crippen LogP contribution in [-0.2, 0) is 18.0 Å². The lowest BCUT2D eigenvalue weighted by Gasteiger charge is -2.04. The second-order valence-electron chi connectivity index (χ2n) is 3.51. The molecule has 0 aliphatic heterocycles. The molecule has 0 radical (unpaired) electrons. The van der Waals surface area contributed by atoms with Crippen molar-refractivity contribution >= 4 is 17.9 Å². The molecule has 0 bridgehead atoms. The third-order valence-electron chi connectivity index (χ3n) is 2.26. The summed E-state index contributed by atoms with van der Waals surface area (Å²) < 4.78 is 10.6. The van der Waals surface area contributed by atoms with Crippen LogP contribution in [0, 0.1) is 0 Å². The zero-order valence-electron chi connectivity index (χ0n) is 9.06. The van der Waals surface area contributed by atoms with Crippen molar-refractivity contribution in [3.63, 3.8) is 0 Å². The van der Waals surface area contributed by atoms with E-state index < -0.39 is 0 Å². The van der Waals surface area contributed by atoms with E-state index in [-0.39, 0.29) is 0 Å². The van der Waals surface area contributed by atoms with Crippen LogP contribution in [0.3, 0.4) is 0 Å². The summed E-state index contributed by atoms with van der Waals surface area (Å²) in [5.74, 6) is 0.931. The van der Waals surface area contributed by atoms with Crippen molar-refractivity contribution in [2.24, 2.45) is 0 Å². The molecule has 0 saturated heterocycles. The van der Waals surface area contributed by atoms with Gasteiger partial charge in [0.1, 0.15) is 12.4 Å². The number of hydrogen-bond acceptors (Lipinski definition) is 3. The third-order valence-corrected chi connectivity index (χ3v) is 2.63. The van der Waals surface area contributed by atoms with Gasteiger partial charge in [-0.15, -0.1) is 0 Å². The Balaban J connectivity index is 1.87. The lowest BCUT2D eigenvalue weighted by Crippen LogP contribution is -1.93. The summed E-state index contributed by atoms with van der Waals surface area (Å²) in [6.07, 6.45) is 0.664. The average Bonchev–Trinajstić information content (AvgIpc) is 2.80. The van der Waals surface area contributed by atoms with Crippen LogP contribution < -0.4 is 0 Å². The van der Waals surface area contributed by atoms with Crippen molar-refractivity contribution in [1.82, 2.24) is 0 Å². The Morgan fingerprint density at radius 2 is 2.00 bits per heavy atom. The number of furan rings is 1. The summed E-state index contributed by atoms with van der Waals surface area (Å²) in [6.45, 7) is 0.732. The first-order chi connectivity index (χ1) is 8.29. The van der Waals surface area contributed by atoms with Gasteiger partial charge in [0.25, 0.3) is 0 Å². The molecule has 2 aromatic rings. The number of carbonyl (C=O) groups excluding carboxylic acids is 1. The first-order valence-corrected chi connectivity index (χ1v) is 5.52. The van der Waals surface area contributed by atoms with Crippen LogP contribution in [0.2, 0.25) is 5.02 Å². The Morgan fingerprint density at radius 1 is 1.18 bits per heavy atom. The molecule has 3 nitrogen and oxygen atoms in total. The maximum Gasteiger partial charge on any atom is 0.185 e. The Kier molecular flexibility index (Phi) is 3.96. The van der Waals surface area contributed by atoms with Gasteiger partial charge in [-0.05, 0) is 23.8 Å². The molecular weight excluding hydrogens is 240 g/mol. The highest BCUT2D eigenvalue weighted by Crippen LogP contribution is 2.16. The molecule has 0 atom stereocenters. The van der Waals surface area contributed by atoms with Gasteiger partial charge in [0.2, 0.25) is 0 Å². The minimum absolute atomic E-state index is 0.307. The van der Waals surface area contributed by atoms with Crippen molar-refractivity contribution in [2.75, 3.05) is 0 Å². The molecule has 0 unspecified atom stereocenters. The van der Waals surface area contributed by atoms with Crippen LogP contribution >= 0.6 is 11.6 Å².